The highest BCUT2D eigenvalue weighted by Gasteiger charge is 2.41. The van der Waals surface area contributed by atoms with E-state index in [9.17, 15) is 9.90 Å². The van der Waals surface area contributed by atoms with Crippen LogP contribution in [-0.4, -0.2) is 34.8 Å². The van der Waals surface area contributed by atoms with Crippen LogP contribution < -0.4 is 0 Å². The number of rotatable bonds is 7. The average molecular weight is 232 g/mol. The van der Waals surface area contributed by atoms with E-state index in [1.165, 1.54) is 0 Å². The van der Waals surface area contributed by atoms with Crippen LogP contribution in [0.2, 0.25) is 0 Å². The molecule has 1 rings (SSSR count). The number of hydrogen-bond donors (Lipinski definition) is 1. The van der Waals surface area contributed by atoms with Crippen LogP contribution in [0.4, 0.5) is 0 Å². The molecule has 0 aromatic rings. The minimum absolute atomic E-state index is 0.549. The Hall–Kier alpha value is -0.220. The van der Waals surface area contributed by atoms with Gasteiger partial charge in [-0.15, -0.1) is 11.8 Å². The van der Waals surface area contributed by atoms with Crippen LogP contribution >= 0.6 is 11.8 Å². The zero-order chi connectivity index (χ0) is 11.1. The average Bonchev–Trinajstić information content (AvgIpc) is 2.67. The second kappa shape index (κ2) is 6.38. The van der Waals surface area contributed by atoms with Gasteiger partial charge < -0.3 is 9.84 Å². The molecule has 4 heteroatoms. The summed E-state index contributed by atoms with van der Waals surface area (Å²) in [6.07, 6.45) is 4.65. The second-order valence-corrected chi connectivity index (χ2v) is 5.45. The molecule has 1 aliphatic rings. The molecular formula is C11H20O3S. The molecule has 1 atom stereocenters. The van der Waals surface area contributed by atoms with Crippen LogP contribution in [0.5, 0.6) is 0 Å². The predicted octanol–water partition coefficient (Wildman–Crippen LogP) is 2.54. The highest BCUT2D eigenvalue weighted by atomic mass is 32.2. The fourth-order valence-corrected chi connectivity index (χ4v) is 3.07. The Morgan fingerprint density at radius 1 is 1.53 bits per heavy atom. The molecule has 0 spiro atoms. The van der Waals surface area contributed by atoms with Crippen LogP contribution in [0.3, 0.4) is 0 Å². The first-order valence-corrected chi connectivity index (χ1v) is 6.65. The molecule has 1 saturated heterocycles. The van der Waals surface area contributed by atoms with Crippen LogP contribution in [0.15, 0.2) is 0 Å². The van der Waals surface area contributed by atoms with Crippen molar-refractivity contribution in [2.45, 2.75) is 43.8 Å². The second-order valence-electron chi connectivity index (χ2n) is 3.97. The summed E-state index contributed by atoms with van der Waals surface area (Å²) in [7, 11) is 0. The Kier molecular flexibility index (Phi) is 5.47. The number of carboxylic acids is 1. The number of hydrogen-bond acceptors (Lipinski definition) is 3. The minimum atomic E-state index is -0.663. The van der Waals surface area contributed by atoms with Crippen molar-refractivity contribution in [1.82, 2.24) is 0 Å². The third kappa shape index (κ3) is 3.68. The van der Waals surface area contributed by atoms with E-state index < -0.39 is 10.7 Å². The van der Waals surface area contributed by atoms with Gasteiger partial charge in [0, 0.05) is 13.2 Å². The summed E-state index contributed by atoms with van der Waals surface area (Å²) < 4.78 is 4.89. The molecule has 1 unspecified atom stereocenters. The van der Waals surface area contributed by atoms with Gasteiger partial charge in [-0.25, -0.2) is 0 Å². The summed E-state index contributed by atoms with van der Waals surface area (Å²) in [4.78, 5) is 11.2. The van der Waals surface area contributed by atoms with Crippen molar-refractivity contribution in [3.05, 3.63) is 0 Å². The Labute approximate surface area is 95.6 Å². The molecule has 3 nitrogen and oxygen atoms in total. The molecule has 0 aliphatic carbocycles. The lowest BCUT2D eigenvalue weighted by Crippen LogP contribution is -2.33. The van der Waals surface area contributed by atoms with Gasteiger partial charge in [0.25, 0.3) is 0 Å². The molecular weight excluding hydrogens is 212 g/mol. The first-order chi connectivity index (χ1) is 7.21. The molecule has 0 saturated carbocycles. The topological polar surface area (TPSA) is 46.5 Å². The number of carboxylic acid groups (broad SMARTS) is 1. The van der Waals surface area contributed by atoms with E-state index in [1.54, 1.807) is 11.8 Å². The van der Waals surface area contributed by atoms with Crippen molar-refractivity contribution in [3.63, 3.8) is 0 Å². The zero-order valence-corrected chi connectivity index (χ0v) is 10.1. The maximum absolute atomic E-state index is 11.2. The van der Waals surface area contributed by atoms with Gasteiger partial charge in [0.2, 0.25) is 0 Å². The molecule has 1 heterocycles. The summed E-state index contributed by atoms with van der Waals surface area (Å²) >= 11 is 1.58. The molecule has 15 heavy (non-hydrogen) atoms. The highest BCUT2D eigenvalue weighted by molar-refractivity contribution is 8.01. The Bertz CT molecular complexity index is 200. The van der Waals surface area contributed by atoms with Gasteiger partial charge in [-0.3, -0.25) is 4.79 Å². The van der Waals surface area contributed by atoms with Gasteiger partial charge in [-0.2, -0.15) is 0 Å². The van der Waals surface area contributed by atoms with Gasteiger partial charge in [0.1, 0.15) is 4.75 Å². The van der Waals surface area contributed by atoms with Crippen molar-refractivity contribution in [1.29, 1.82) is 0 Å². The van der Waals surface area contributed by atoms with E-state index >= 15 is 0 Å². The molecule has 0 amide bonds. The van der Waals surface area contributed by atoms with Crippen LogP contribution in [0.1, 0.15) is 39.0 Å². The van der Waals surface area contributed by atoms with Crippen molar-refractivity contribution in [2.75, 3.05) is 19.0 Å². The number of thioether (sulfide) groups is 1. The maximum Gasteiger partial charge on any atom is 0.319 e. The molecule has 0 aromatic carbocycles. The van der Waals surface area contributed by atoms with E-state index in [1.807, 2.05) is 0 Å². The van der Waals surface area contributed by atoms with Crippen molar-refractivity contribution in [2.24, 2.45) is 0 Å². The Balaban J connectivity index is 2.24. The zero-order valence-electron chi connectivity index (χ0n) is 9.33. The van der Waals surface area contributed by atoms with E-state index in [-0.39, 0.29) is 0 Å². The van der Waals surface area contributed by atoms with E-state index in [0.29, 0.717) is 13.0 Å². The van der Waals surface area contributed by atoms with E-state index in [2.05, 4.69) is 6.92 Å². The van der Waals surface area contributed by atoms with Crippen molar-refractivity contribution in [3.8, 4) is 0 Å². The fraction of sp³-hybridized carbons (Fsp3) is 0.909. The Morgan fingerprint density at radius 3 is 2.87 bits per heavy atom. The van der Waals surface area contributed by atoms with Crippen LogP contribution in [0.25, 0.3) is 0 Å². The molecule has 0 radical (unpaired) electrons. The molecule has 88 valence electrons. The summed E-state index contributed by atoms with van der Waals surface area (Å²) in [5.41, 5.74) is 0. The lowest BCUT2D eigenvalue weighted by Gasteiger charge is -2.22. The fourth-order valence-electron chi connectivity index (χ4n) is 1.76. The lowest BCUT2D eigenvalue weighted by molar-refractivity contribution is -0.140. The standard InChI is InChI=1S/C11H20O3S/c1-2-3-7-14-8-6-11(10(12)13)5-4-9-15-11/h2-9H2,1H3,(H,12,13). The number of ether oxygens (including phenoxy) is 1. The minimum Gasteiger partial charge on any atom is -0.480 e. The van der Waals surface area contributed by atoms with Gasteiger partial charge in [0.05, 0.1) is 0 Å². The molecule has 1 N–H and O–H groups in total. The van der Waals surface area contributed by atoms with Crippen LogP contribution in [0, 0.1) is 0 Å². The highest BCUT2D eigenvalue weighted by Crippen LogP contribution is 2.41. The molecule has 0 aromatic heterocycles. The van der Waals surface area contributed by atoms with Gasteiger partial charge in [0.15, 0.2) is 0 Å². The van der Waals surface area contributed by atoms with Crippen molar-refractivity contribution < 1.29 is 14.6 Å². The monoisotopic (exact) mass is 232 g/mol. The third-order valence-corrected chi connectivity index (χ3v) is 4.41. The Morgan fingerprint density at radius 2 is 2.33 bits per heavy atom. The summed E-state index contributed by atoms with van der Waals surface area (Å²) in [5, 5.41) is 9.19. The predicted molar refractivity (Wildman–Crippen MR) is 62.4 cm³/mol. The summed E-state index contributed by atoms with van der Waals surface area (Å²) in [5.74, 6) is 0.311. The lowest BCUT2D eigenvalue weighted by atomic mass is 10.00. The number of unbranched alkanes of at least 4 members (excludes halogenated alkanes) is 1. The number of aliphatic carboxylic acids is 1. The van der Waals surface area contributed by atoms with E-state index in [0.717, 1.165) is 38.0 Å². The quantitative estimate of drug-likeness (QED) is 0.685. The summed E-state index contributed by atoms with van der Waals surface area (Å²) in [6.45, 7) is 3.46. The molecule has 1 aliphatic heterocycles. The van der Waals surface area contributed by atoms with E-state index in [4.69, 9.17) is 4.74 Å². The summed E-state index contributed by atoms with van der Waals surface area (Å²) in [6, 6.07) is 0. The molecule has 0 bridgehead atoms. The van der Waals surface area contributed by atoms with Crippen LogP contribution in [-0.2, 0) is 9.53 Å². The van der Waals surface area contributed by atoms with Crippen molar-refractivity contribution >= 4 is 17.7 Å². The van der Waals surface area contributed by atoms with Gasteiger partial charge in [-0.1, -0.05) is 13.3 Å². The normalized spacial score (nSPS) is 25.7. The maximum atomic E-state index is 11.2. The largest absolute Gasteiger partial charge is 0.480 e. The first-order valence-electron chi connectivity index (χ1n) is 5.66. The molecule has 1 fully saturated rings. The first kappa shape index (κ1) is 12.8. The smallest absolute Gasteiger partial charge is 0.319 e. The van der Waals surface area contributed by atoms with Gasteiger partial charge in [-0.05, 0) is 31.4 Å². The van der Waals surface area contributed by atoms with Gasteiger partial charge >= 0.3 is 5.97 Å². The SMILES string of the molecule is CCCCOCCC1(C(=O)O)CCCS1. The number of carbonyl (C=O) groups is 1. The third-order valence-electron chi connectivity index (χ3n) is 2.79.